The van der Waals surface area contributed by atoms with Crippen LogP contribution < -0.4 is 9.47 Å². The molecular weight excluding hydrogens is 284 g/mol. The molecule has 1 fully saturated rings. The van der Waals surface area contributed by atoms with Gasteiger partial charge >= 0.3 is 0 Å². The molecule has 0 saturated carbocycles. The topological polar surface area (TPSA) is 59.1 Å². The van der Waals surface area contributed by atoms with Crippen molar-refractivity contribution < 1.29 is 19.1 Å². The molecule has 0 radical (unpaired) electrons. The van der Waals surface area contributed by atoms with Gasteiger partial charge in [0.2, 0.25) is 5.91 Å². The third kappa shape index (κ3) is 2.61. The number of carbonyl (C=O) groups is 2. The average molecular weight is 304 g/mol. The molecule has 0 bridgehead atoms. The number of hydrogen-bond donors (Lipinski definition) is 0. The SMILES string of the molecule is CN(C)C(=O)C1CCCN1C(=O)c1ccc2c(c1)OCCO2. The summed E-state index contributed by atoms with van der Waals surface area (Å²) in [6.07, 6.45) is 1.56. The Hall–Kier alpha value is -2.24. The van der Waals surface area contributed by atoms with Gasteiger partial charge in [-0.1, -0.05) is 0 Å². The first-order valence-corrected chi connectivity index (χ1v) is 7.49. The van der Waals surface area contributed by atoms with Crippen molar-refractivity contribution in [2.45, 2.75) is 18.9 Å². The van der Waals surface area contributed by atoms with E-state index in [2.05, 4.69) is 0 Å². The normalized spacial score (nSPS) is 19.9. The van der Waals surface area contributed by atoms with Crippen molar-refractivity contribution in [3.05, 3.63) is 23.8 Å². The molecule has 2 heterocycles. The zero-order valence-corrected chi connectivity index (χ0v) is 12.9. The summed E-state index contributed by atoms with van der Waals surface area (Å²) in [5.74, 6) is 1.09. The Morgan fingerprint density at radius 2 is 1.91 bits per heavy atom. The molecule has 2 aliphatic rings. The van der Waals surface area contributed by atoms with Gasteiger partial charge in [-0.3, -0.25) is 9.59 Å². The van der Waals surface area contributed by atoms with E-state index in [0.29, 0.717) is 43.2 Å². The Bertz CT molecular complexity index is 600. The molecule has 0 N–H and O–H groups in total. The number of benzene rings is 1. The van der Waals surface area contributed by atoms with Gasteiger partial charge in [0.1, 0.15) is 19.3 Å². The maximum absolute atomic E-state index is 12.7. The van der Waals surface area contributed by atoms with Crippen molar-refractivity contribution in [1.29, 1.82) is 0 Å². The maximum atomic E-state index is 12.7. The Morgan fingerprint density at radius 1 is 1.18 bits per heavy atom. The summed E-state index contributed by atoms with van der Waals surface area (Å²) >= 11 is 0. The first-order chi connectivity index (χ1) is 10.6. The van der Waals surface area contributed by atoms with Crippen LogP contribution in [0.3, 0.4) is 0 Å². The molecule has 1 unspecified atom stereocenters. The van der Waals surface area contributed by atoms with Crippen LogP contribution in [0.5, 0.6) is 11.5 Å². The van der Waals surface area contributed by atoms with E-state index in [9.17, 15) is 9.59 Å². The van der Waals surface area contributed by atoms with Crippen LogP contribution in [-0.4, -0.2) is 61.5 Å². The predicted molar refractivity (Wildman–Crippen MR) is 80.2 cm³/mol. The number of amides is 2. The van der Waals surface area contributed by atoms with Crippen molar-refractivity contribution in [3.63, 3.8) is 0 Å². The van der Waals surface area contributed by atoms with Crippen molar-refractivity contribution in [1.82, 2.24) is 9.80 Å². The molecule has 118 valence electrons. The fraction of sp³-hybridized carbons (Fsp3) is 0.500. The summed E-state index contributed by atoms with van der Waals surface area (Å²) < 4.78 is 11.0. The summed E-state index contributed by atoms with van der Waals surface area (Å²) in [6, 6.07) is 4.81. The molecule has 1 aromatic rings. The smallest absolute Gasteiger partial charge is 0.254 e. The Labute approximate surface area is 129 Å². The third-order valence-corrected chi connectivity index (χ3v) is 4.03. The molecule has 0 aliphatic carbocycles. The molecule has 0 aromatic heterocycles. The number of ether oxygens (including phenoxy) is 2. The van der Waals surface area contributed by atoms with Crippen LogP contribution in [0, 0.1) is 0 Å². The van der Waals surface area contributed by atoms with Gasteiger partial charge in [-0.25, -0.2) is 0 Å². The van der Waals surface area contributed by atoms with Gasteiger partial charge in [0.15, 0.2) is 11.5 Å². The number of rotatable bonds is 2. The molecule has 1 atom stereocenters. The third-order valence-electron chi connectivity index (χ3n) is 4.03. The van der Waals surface area contributed by atoms with Crippen LogP contribution in [0.1, 0.15) is 23.2 Å². The minimum absolute atomic E-state index is 0.0246. The Morgan fingerprint density at radius 3 is 2.64 bits per heavy atom. The molecule has 22 heavy (non-hydrogen) atoms. The minimum atomic E-state index is -0.365. The second-order valence-electron chi connectivity index (χ2n) is 5.75. The van der Waals surface area contributed by atoms with Gasteiger partial charge in [-0.2, -0.15) is 0 Å². The fourth-order valence-electron chi connectivity index (χ4n) is 2.91. The molecule has 6 nitrogen and oxygen atoms in total. The predicted octanol–water partition coefficient (Wildman–Crippen LogP) is 1.15. The highest BCUT2D eigenvalue weighted by molar-refractivity contribution is 5.98. The van der Waals surface area contributed by atoms with Gasteiger partial charge in [0, 0.05) is 26.2 Å². The lowest BCUT2D eigenvalue weighted by molar-refractivity contribution is -0.132. The highest BCUT2D eigenvalue weighted by Gasteiger charge is 2.35. The van der Waals surface area contributed by atoms with E-state index in [0.717, 1.165) is 6.42 Å². The Kier molecular flexibility index (Phi) is 3.92. The molecule has 1 saturated heterocycles. The monoisotopic (exact) mass is 304 g/mol. The van der Waals surface area contributed by atoms with Crippen molar-refractivity contribution in [2.75, 3.05) is 33.9 Å². The van der Waals surface area contributed by atoms with Gasteiger partial charge in [0.05, 0.1) is 0 Å². The van der Waals surface area contributed by atoms with Crippen LogP contribution in [0.4, 0.5) is 0 Å². The number of nitrogens with zero attached hydrogens (tertiary/aromatic N) is 2. The van der Waals surface area contributed by atoms with Crippen molar-refractivity contribution in [3.8, 4) is 11.5 Å². The second-order valence-corrected chi connectivity index (χ2v) is 5.75. The minimum Gasteiger partial charge on any atom is -0.486 e. The second kappa shape index (κ2) is 5.87. The van der Waals surface area contributed by atoms with Gasteiger partial charge in [0.25, 0.3) is 5.91 Å². The summed E-state index contributed by atoms with van der Waals surface area (Å²) in [7, 11) is 3.43. The molecular formula is C16H20N2O4. The van der Waals surface area contributed by atoms with E-state index in [1.807, 2.05) is 0 Å². The van der Waals surface area contributed by atoms with E-state index in [4.69, 9.17) is 9.47 Å². The lowest BCUT2D eigenvalue weighted by atomic mass is 10.1. The zero-order chi connectivity index (χ0) is 15.7. The lowest BCUT2D eigenvalue weighted by Crippen LogP contribution is -2.45. The lowest BCUT2D eigenvalue weighted by Gasteiger charge is -2.27. The number of hydrogen-bond acceptors (Lipinski definition) is 4. The number of carbonyl (C=O) groups excluding carboxylic acids is 2. The maximum Gasteiger partial charge on any atom is 0.254 e. The summed E-state index contributed by atoms with van der Waals surface area (Å²) in [4.78, 5) is 28.1. The van der Waals surface area contributed by atoms with Crippen LogP contribution >= 0.6 is 0 Å². The van der Waals surface area contributed by atoms with E-state index in [1.165, 1.54) is 0 Å². The highest BCUT2D eigenvalue weighted by Crippen LogP contribution is 2.32. The van der Waals surface area contributed by atoms with Crippen LogP contribution in [0.2, 0.25) is 0 Å². The first-order valence-electron chi connectivity index (χ1n) is 7.49. The first kappa shape index (κ1) is 14.7. The molecule has 2 aliphatic heterocycles. The highest BCUT2D eigenvalue weighted by atomic mass is 16.6. The molecule has 0 spiro atoms. The van der Waals surface area contributed by atoms with E-state index in [1.54, 1.807) is 42.1 Å². The largest absolute Gasteiger partial charge is 0.486 e. The summed E-state index contributed by atoms with van der Waals surface area (Å²) in [5.41, 5.74) is 0.530. The van der Waals surface area contributed by atoms with Crippen molar-refractivity contribution >= 4 is 11.8 Å². The quantitative estimate of drug-likeness (QED) is 0.822. The van der Waals surface area contributed by atoms with E-state index in [-0.39, 0.29) is 17.9 Å². The van der Waals surface area contributed by atoms with Crippen molar-refractivity contribution in [2.24, 2.45) is 0 Å². The Balaban J connectivity index is 1.82. The van der Waals surface area contributed by atoms with Crippen LogP contribution in [0.15, 0.2) is 18.2 Å². The number of fused-ring (bicyclic) bond motifs is 1. The summed E-state index contributed by atoms with van der Waals surface area (Å²) in [6.45, 7) is 1.61. The van der Waals surface area contributed by atoms with Crippen LogP contribution in [-0.2, 0) is 4.79 Å². The number of likely N-dealkylation sites (N-methyl/N-ethyl adjacent to an activating group) is 1. The molecule has 2 amide bonds. The van der Waals surface area contributed by atoms with Gasteiger partial charge in [-0.15, -0.1) is 0 Å². The fourth-order valence-corrected chi connectivity index (χ4v) is 2.91. The van der Waals surface area contributed by atoms with Crippen LogP contribution in [0.25, 0.3) is 0 Å². The standard InChI is InChI=1S/C16H20N2O4/c1-17(2)16(20)12-4-3-7-18(12)15(19)11-5-6-13-14(10-11)22-9-8-21-13/h5-6,10,12H,3-4,7-9H2,1-2H3. The zero-order valence-electron chi connectivity index (χ0n) is 12.9. The van der Waals surface area contributed by atoms with Gasteiger partial charge in [-0.05, 0) is 31.0 Å². The van der Waals surface area contributed by atoms with Gasteiger partial charge < -0.3 is 19.3 Å². The van der Waals surface area contributed by atoms with E-state index >= 15 is 0 Å². The molecule has 3 rings (SSSR count). The average Bonchev–Trinajstić information content (AvgIpc) is 3.02. The molecule has 6 heteroatoms. The summed E-state index contributed by atoms with van der Waals surface area (Å²) in [5, 5.41) is 0. The van der Waals surface area contributed by atoms with E-state index < -0.39 is 0 Å². The number of likely N-dealkylation sites (tertiary alicyclic amines) is 1. The molecule has 1 aromatic carbocycles.